The van der Waals surface area contributed by atoms with Crippen molar-refractivity contribution in [1.82, 2.24) is 0 Å². The van der Waals surface area contributed by atoms with Crippen LogP contribution in [0.5, 0.6) is 17.2 Å². The predicted molar refractivity (Wildman–Crippen MR) is 110 cm³/mol. The van der Waals surface area contributed by atoms with Gasteiger partial charge in [0.1, 0.15) is 6.61 Å². The van der Waals surface area contributed by atoms with Gasteiger partial charge in [-0.25, -0.2) is 4.79 Å². The molecule has 2 aliphatic heterocycles. The molecule has 174 valence electrons. The summed E-state index contributed by atoms with van der Waals surface area (Å²) in [7, 11) is 4.36. The number of benzene rings is 2. The van der Waals surface area contributed by atoms with Crippen molar-refractivity contribution in [3.05, 3.63) is 58.8 Å². The Morgan fingerprint density at radius 3 is 2.09 bits per heavy atom. The Labute approximate surface area is 187 Å². The summed E-state index contributed by atoms with van der Waals surface area (Å²) < 4.78 is 60.1. The van der Waals surface area contributed by atoms with Crippen molar-refractivity contribution in [3.63, 3.8) is 0 Å². The van der Waals surface area contributed by atoms with E-state index in [0.717, 1.165) is 12.1 Å². The highest BCUT2D eigenvalue weighted by molar-refractivity contribution is 6.06. The van der Waals surface area contributed by atoms with E-state index in [2.05, 4.69) is 0 Å². The van der Waals surface area contributed by atoms with Gasteiger partial charge in [0.15, 0.2) is 11.5 Å². The van der Waals surface area contributed by atoms with Gasteiger partial charge < -0.3 is 18.9 Å². The summed E-state index contributed by atoms with van der Waals surface area (Å²) in [6, 6.07) is 7.51. The summed E-state index contributed by atoms with van der Waals surface area (Å²) in [6.07, 6.45) is -4.60. The number of ether oxygens (including phenoxy) is 4. The number of nitrogens with zero attached hydrogens (tertiary/aromatic N) is 1. The van der Waals surface area contributed by atoms with E-state index in [1.54, 1.807) is 12.1 Å². The average molecular weight is 463 g/mol. The Morgan fingerprint density at radius 2 is 1.58 bits per heavy atom. The van der Waals surface area contributed by atoms with Crippen LogP contribution in [-0.4, -0.2) is 39.8 Å². The second kappa shape index (κ2) is 8.34. The first kappa shape index (κ1) is 22.5. The van der Waals surface area contributed by atoms with Gasteiger partial charge in [-0.3, -0.25) is 9.69 Å². The number of hydrogen-bond acceptors (Lipinski definition) is 6. The standard InChI is InChI=1S/C23H20F3NO6/c1-30-17-8-12(9-18(31-2)21(17)32-3)15-10-19(28)27(16-11-33-22(29)20(15)16)14-6-4-13(5-7-14)23(24,25)26/h4-9,15H,10-11H2,1-3H3. The second-order valence-corrected chi connectivity index (χ2v) is 7.43. The molecule has 0 aliphatic carbocycles. The maximum atomic E-state index is 13.2. The van der Waals surface area contributed by atoms with Crippen LogP contribution in [-0.2, 0) is 20.5 Å². The summed E-state index contributed by atoms with van der Waals surface area (Å²) >= 11 is 0. The minimum absolute atomic E-state index is 0.104. The first-order valence-electron chi connectivity index (χ1n) is 9.89. The lowest BCUT2D eigenvalue weighted by molar-refractivity contribution is -0.138. The number of cyclic esters (lactones) is 1. The minimum atomic E-state index is -4.50. The number of carbonyl (C=O) groups is 2. The molecule has 0 aromatic heterocycles. The molecule has 2 heterocycles. The molecule has 10 heteroatoms. The molecule has 0 bridgehead atoms. The molecule has 0 saturated heterocycles. The number of hydrogen-bond donors (Lipinski definition) is 0. The summed E-state index contributed by atoms with van der Waals surface area (Å²) in [5.41, 5.74) is 0.538. The van der Waals surface area contributed by atoms with E-state index in [1.165, 1.54) is 38.4 Å². The largest absolute Gasteiger partial charge is 0.493 e. The molecule has 2 aromatic carbocycles. The molecule has 0 spiro atoms. The van der Waals surface area contributed by atoms with Crippen LogP contribution in [0.2, 0.25) is 0 Å². The third kappa shape index (κ3) is 3.85. The Balaban J connectivity index is 1.80. The highest BCUT2D eigenvalue weighted by Crippen LogP contribution is 2.46. The van der Waals surface area contributed by atoms with Crippen molar-refractivity contribution in [3.8, 4) is 17.2 Å². The number of rotatable bonds is 5. The number of amides is 1. The zero-order valence-corrected chi connectivity index (χ0v) is 18.0. The fourth-order valence-electron chi connectivity index (χ4n) is 4.14. The van der Waals surface area contributed by atoms with E-state index in [0.29, 0.717) is 28.5 Å². The van der Waals surface area contributed by atoms with E-state index in [9.17, 15) is 22.8 Å². The summed E-state index contributed by atoms with van der Waals surface area (Å²) in [4.78, 5) is 27.0. The molecule has 0 radical (unpaired) electrons. The number of anilines is 1. The molecule has 7 nitrogen and oxygen atoms in total. The van der Waals surface area contributed by atoms with Gasteiger partial charge >= 0.3 is 12.1 Å². The fraction of sp³-hybridized carbons (Fsp3) is 0.304. The molecule has 33 heavy (non-hydrogen) atoms. The van der Waals surface area contributed by atoms with Gasteiger partial charge in [-0.15, -0.1) is 0 Å². The Morgan fingerprint density at radius 1 is 0.970 bits per heavy atom. The number of carbonyl (C=O) groups excluding carboxylic acids is 2. The van der Waals surface area contributed by atoms with Crippen molar-refractivity contribution in [1.29, 1.82) is 0 Å². The van der Waals surface area contributed by atoms with Gasteiger partial charge in [0.2, 0.25) is 11.7 Å². The maximum Gasteiger partial charge on any atom is 0.416 e. The van der Waals surface area contributed by atoms with Crippen molar-refractivity contribution in [2.24, 2.45) is 0 Å². The Bertz CT molecular complexity index is 1110. The third-order valence-corrected chi connectivity index (χ3v) is 5.66. The highest BCUT2D eigenvalue weighted by Gasteiger charge is 2.43. The van der Waals surface area contributed by atoms with Crippen LogP contribution in [0.1, 0.15) is 23.5 Å². The molecule has 1 unspecified atom stereocenters. The third-order valence-electron chi connectivity index (χ3n) is 5.66. The summed E-state index contributed by atoms with van der Waals surface area (Å²) in [5, 5.41) is 0. The summed E-state index contributed by atoms with van der Waals surface area (Å²) in [5.74, 6) is -0.544. The van der Waals surface area contributed by atoms with E-state index < -0.39 is 23.6 Å². The first-order valence-corrected chi connectivity index (χ1v) is 9.89. The molecule has 2 aliphatic rings. The SMILES string of the molecule is COc1cc(C2CC(=O)N(c3ccc(C(F)(F)F)cc3)C3=C2C(=O)OC3)cc(OC)c1OC. The molecule has 1 atom stereocenters. The van der Waals surface area contributed by atoms with Crippen LogP contribution in [0.3, 0.4) is 0 Å². The van der Waals surface area contributed by atoms with Gasteiger partial charge in [-0.2, -0.15) is 13.2 Å². The smallest absolute Gasteiger partial charge is 0.416 e. The van der Waals surface area contributed by atoms with Crippen molar-refractivity contribution in [2.75, 3.05) is 32.8 Å². The van der Waals surface area contributed by atoms with Crippen molar-refractivity contribution >= 4 is 17.6 Å². The normalized spacial score (nSPS) is 18.2. The number of alkyl halides is 3. The molecule has 1 amide bonds. The van der Waals surface area contributed by atoms with Crippen LogP contribution in [0.25, 0.3) is 0 Å². The van der Waals surface area contributed by atoms with E-state index in [1.807, 2.05) is 0 Å². The van der Waals surface area contributed by atoms with Gasteiger partial charge in [0.25, 0.3) is 0 Å². The van der Waals surface area contributed by atoms with E-state index in [4.69, 9.17) is 18.9 Å². The lowest BCUT2D eigenvalue weighted by Crippen LogP contribution is -2.37. The van der Waals surface area contributed by atoms with Gasteiger partial charge in [0.05, 0.1) is 38.2 Å². The highest BCUT2D eigenvalue weighted by atomic mass is 19.4. The first-order chi connectivity index (χ1) is 15.7. The summed E-state index contributed by atoms with van der Waals surface area (Å²) in [6.45, 7) is -0.165. The van der Waals surface area contributed by atoms with Crippen LogP contribution in [0.15, 0.2) is 47.7 Å². The molecule has 4 rings (SSSR count). The molecule has 0 N–H and O–H groups in total. The van der Waals surface area contributed by atoms with E-state index >= 15 is 0 Å². The minimum Gasteiger partial charge on any atom is -0.493 e. The monoisotopic (exact) mass is 463 g/mol. The van der Waals surface area contributed by atoms with Gasteiger partial charge in [-0.05, 0) is 42.0 Å². The molecular weight excluding hydrogens is 443 g/mol. The van der Waals surface area contributed by atoms with Crippen LogP contribution < -0.4 is 19.1 Å². The zero-order valence-electron chi connectivity index (χ0n) is 18.0. The quantitative estimate of drug-likeness (QED) is 0.623. The Hall–Kier alpha value is -3.69. The van der Waals surface area contributed by atoms with Crippen molar-refractivity contribution in [2.45, 2.75) is 18.5 Å². The topological polar surface area (TPSA) is 74.3 Å². The Kier molecular flexibility index (Phi) is 5.69. The molecule has 0 saturated carbocycles. The fourth-order valence-corrected chi connectivity index (χ4v) is 4.14. The van der Waals surface area contributed by atoms with Gasteiger partial charge in [0, 0.05) is 18.0 Å². The van der Waals surface area contributed by atoms with Crippen molar-refractivity contribution < 1.29 is 41.7 Å². The number of methoxy groups -OCH3 is 3. The second-order valence-electron chi connectivity index (χ2n) is 7.43. The zero-order chi connectivity index (χ0) is 23.9. The molecular formula is C23H20F3NO6. The van der Waals surface area contributed by atoms with Crippen LogP contribution in [0.4, 0.5) is 18.9 Å². The number of esters is 1. The average Bonchev–Trinajstić information content (AvgIpc) is 3.18. The lowest BCUT2D eigenvalue weighted by atomic mass is 9.83. The van der Waals surface area contributed by atoms with Crippen LogP contribution in [0, 0.1) is 0 Å². The number of halogens is 3. The predicted octanol–water partition coefficient (Wildman–Crippen LogP) is 4.06. The van der Waals surface area contributed by atoms with E-state index in [-0.39, 0.29) is 30.2 Å². The molecule has 0 fully saturated rings. The maximum absolute atomic E-state index is 13.2. The van der Waals surface area contributed by atoms with Gasteiger partial charge in [-0.1, -0.05) is 0 Å². The lowest BCUT2D eigenvalue weighted by Gasteiger charge is -2.32. The van der Waals surface area contributed by atoms with Crippen LogP contribution >= 0.6 is 0 Å². The molecule has 2 aromatic rings.